The molecule has 0 aromatic carbocycles. The third kappa shape index (κ3) is 2570. The molecule has 0 aliphatic rings. The zero-order valence-electron chi connectivity index (χ0n) is 4.21. The summed E-state index contributed by atoms with van der Waals surface area (Å²) >= 11 is -1.19. The van der Waals surface area contributed by atoms with Crippen LogP contribution in [0.5, 0.6) is 0 Å². The van der Waals surface area contributed by atoms with E-state index in [1.165, 1.54) is 0 Å². The van der Waals surface area contributed by atoms with E-state index >= 15 is 0 Å². The van der Waals surface area contributed by atoms with Gasteiger partial charge in [-0.1, -0.05) is 0 Å². The van der Waals surface area contributed by atoms with Crippen molar-refractivity contribution in [1.29, 1.82) is 0 Å². The molecular weight excluding hydrogens is 174 g/mol. The van der Waals surface area contributed by atoms with Crippen molar-refractivity contribution in [2.24, 2.45) is 0 Å². The summed E-state index contributed by atoms with van der Waals surface area (Å²) in [6, 6.07) is 0. The first-order valence-corrected chi connectivity index (χ1v) is 1.96. The Morgan fingerprint density at radius 1 is 1.38 bits per heavy atom. The first kappa shape index (κ1) is 24.0. The van der Waals surface area contributed by atoms with Crippen LogP contribution in [0.2, 0.25) is 0 Å². The molecule has 0 rings (SSSR count). The molecule has 0 spiro atoms. The Morgan fingerprint density at radius 3 is 1.38 bits per heavy atom. The molecule has 61 valence electrons. The van der Waals surface area contributed by atoms with E-state index in [1.807, 2.05) is 0 Å². The zero-order valence-corrected chi connectivity index (χ0v) is 5.15. The van der Waals surface area contributed by atoms with Crippen molar-refractivity contribution in [2.45, 2.75) is 6.92 Å². The van der Waals surface area contributed by atoms with E-state index in [2.05, 4.69) is 0 Å². The summed E-state index contributed by atoms with van der Waals surface area (Å²) in [5, 5.41) is 7.57. The second kappa shape index (κ2) is 55.7. The van der Waals surface area contributed by atoms with Gasteiger partial charge in [-0.25, -0.2) is 0 Å². The maximum atomic E-state index is 9.53. The summed E-state index contributed by atoms with van der Waals surface area (Å²) in [5.41, 5.74) is 0. The molecule has 0 aliphatic heterocycles. The van der Waals surface area contributed by atoms with Crippen LogP contribution < -0.4 is 0 Å². The molecule has 0 heterocycles. The van der Waals surface area contributed by atoms with Gasteiger partial charge in [-0.05, 0) is 6.92 Å². The third-order valence-electron chi connectivity index (χ3n) is 0. The first-order chi connectivity index (χ1) is 2.83. The fraction of sp³-hybridized carbons (Fsp3) is 1.00. The molecule has 0 atom stereocenters. The van der Waals surface area contributed by atoms with Crippen LogP contribution in [-0.4, -0.2) is 22.7 Å². The molecule has 8 heavy (non-hydrogen) atoms. The Bertz CT molecular complexity index is 17.2. The average molecular weight is 184 g/mol. The second-order valence-corrected chi connectivity index (χ2v) is 0.494. The average Bonchev–Trinajstić information content (AvgIpc) is 1.39. The van der Waals surface area contributed by atoms with Crippen molar-refractivity contribution in [3.63, 3.8) is 0 Å². The number of hydrogen-bond donors (Lipinski definition) is 1. The monoisotopic (exact) mass is 183 g/mol. The van der Waals surface area contributed by atoms with Gasteiger partial charge in [0.1, 0.15) is 0 Å². The fourth-order valence-electron chi connectivity index (χ4n) is 0. The van der Waals surface area contributed by atoms with Gasteiger partial charge in [0.15, 0.2) is 0 Å². The van der Waals surface area contributed by atoms with Crippen molar-refractivity contribution in [2.75, 3.05) is 6.61 Å². The van der Waals surface area contributed by atoms with Gasteiger partial charge in [0.2, 0.25) is 0 Å². The standard InChI is InChI=1S/C2H6O.Cu.2FH.2H2O/c1-2-3;;;;;/h3H,2H2,1H3;;2*1H;2*1H2/q;+2;;;;/p-2. The van der Waals surface area contributed by atoms with Gasteiger partial charge in [0, 0.05) is 6.61 Å². The predicted molar refractivity (Wildman–Crippen MR) is 22.2 cm³/mol. The Balaban J connectivity index is -0.0000000160. The predicted octanol–water partition coefficient (Wildman–Crippen LogP) is -0.813. The number of aliphatic hydroxyl groups is 1. The molecule has 0 bridgehead atoms. The van der Waals surface area contributed by atoms with Crippen molar-refractivity contribution in [3.05, 3.63) is 0 Å². The van der Waals surface area contributed by atoms with Crippen molar-refractivity contribution < 1.29 is 39.0 Å². The van der Waals surface area contributed by atoms with Gasteiger partial charge >= 0.3 is 23.0 Å². The van der Waals surface area contributed by atoms with E-state index < -0.39 is 15.9 Å². The van der Waals surface area contributed by atoms with Crippen LogP contribution in [0.4, 0.5) is 7.10 Å². The van der Waals surface area contributed by atoms with Crippen LogP contribution in [0.3, 0.4) is 0 Å². The molecule has 0 aliphatic carbocycles. The van der Waals surface area contributed by atoms with E-state index in [9.17, 15) is 7.10 Å². The first-order valence-electron chi connectivity index (χ1n) is 1.25. The van der Waals surface area contributed by atoms with Gasteiger partial charge in [-0.3, -0.25) is 0 Å². The number of rotatable bonds is 0. The third-order valence-corrected chi connectivity index (χ3v) is 0. The number of hydrogen-bond acceptors (Lipinski definition) is 1. The molecule has 0 saturated carbocycles. The Morgan fingerprint density at radius 2 is 1.38 bits per heavy atom. The van der Waals surface area contributed by atoms with Crippen LogP contribution in [0, 0.1) is 0 Å². The van der Waals surface area contributed by atoms with Crippen LogP contribution in [0.1, 0.15) is 6.92 Å². The summed E-state index contributed by atoms with van der Waals surface area (Å²) in [7, 11) is 0. The Hall–Kier alpha value is 0.259. The maximum absolute atomic E-state index is 9.53. The van der Waals surface area contributed by atoms with Gasteiger partial charge in [-0.2, -0.15) is 0 Å². The summed E-state index contributed by atoms with van der Waals surface area (Å²) < 4.78 is 19.1. The minimum atomic E-state index is -1.19. The van der Waals surface area contributed by atoms with Crippen molar-refractivity contribution in [1.82, 2.24) is 0 Å². The van der Waals surface area contributed by atoms with Crippen LogP contribution >= 0.6 is 0 Å². The summed E-state index contributed by atoms with van der Waals surface area (Å²) in [4.78, 5) is 0. The van der Waals surface area contributed by atoms with Crippen LogP contribution in [-0.2, 0) is 15.9 Å². The molecular formula is C2H10CuF2O3. The SMILES string of the molecule is CCO.O.O.[F][Cu][F]. The minimum absolute atomic E-state index is 0. The molecule has 3 nitrogen and oxygen atoms in total. The quantitative estimate of drug-likeness (QED) is 0.490. The van der Waals surface area contributed by atoms with Gasteiger partial charge in [-0.15, -0.1) is 0 Å². The molecule has 0 saturated heterocycles. The Labute approximate surface area is 53.4 Å². The fourth-order valence-corrected chi connectivity index (χ4v) is 0. The summed E-state index contributed by atoms with van der Waals surface area (Å²) in [5.74, 6) is 0. The molecule has 0 unspecified atom stereocenters. The van der Waals surface area contributed by atoms with E-state index in [-0.39, 0.29) is 17.6 Å². The molecule has 0 aromatic rings. The topological polar surface area (TPSA) is 83.2 Å². The normalized spacial score (nSPS) is 5.00. The molecule has 5 N–H and O–H groups in total. The summed E-state index contributed by atoms with van der Waals surface area (Å²) in [6.07, 6.45) is 0. The van der Waals surface area contributed by atoms with E-state index in [0.29, 0.717) is 0 Å². The molecule has 6 heteroatoms. The summed E-state index contributed by atoms with van der Waals surface area (Å²) in [6.45, 7) is 1.93. The zero-order chi connectivity index (χ0) is 5.41. The van der Waals surface area contributed by atoms with Crippen LogP contribution in [0.15, 0.2) is 0 Å². The molecule has 0 amide bonds. The molecule has 0 aromatic heterocycles. The van der Waals surface area contributed by atoms with Gasteiger partial charge in [0.25, 0.3) is 0 Å². The number of aliphatic hydroxyl groups excluding tert-OH is 1. The molecule has 0 fully saturated rings. The molecule has 0 radical (unpaired) electrons. The van der Waals surface area contributed by atoms with Crippen molar-refractivity contribution in [3.8, 4) is 0 Å². The van der Waals surface area contributed by atoms with E-state index in [4.69, 9.17) is 5.11 Å². The number of halogens is 2. The van der Waals surface area contributed by atoms with Gasteiger partial charge in [0.05, 0.1) is 0 Å². The van der Waals surface area contributed by atoms with Crippen molar-refractivity contribution >= 4 is 0 Å². The van der Waals surface area contributed by atoms with E-state index in [1.54, 1.807) is 6.92 Å². The second-order valence-electron chi connectivity index (χ2n) is 0.359. The van der Waals surface area contributed by atoms with Crippen LogP contribution in [0.25, 0.3) is 0 Å². The van der Waals surface area contributed by atoms with E-state index in [0.717, 1.165) is 0 Å². The van der Waals surface area contributed by atoms with Gasteiger partial charge < -0.3 is 16.1 Å². The Kier molecular flexibility index (Phi) is 167.